The minimum Gasteiger partial charge on any atom is -0.377 e. The van der Waals surface area contributed by atoms with Gasteiger partial charge in [0.05, 0.1) is 11.8 Å². The summed E-state index contributed by atoms with van der Waals surface area (Å²) in [5.41, 5.74) is 7.34. The molecule has 112 valence electrons. The van der Waals surface area contributed by atoms with Crippen LogP contribution in [0.2, 0.25) is 0 Å². The number of nitrogens with two attached hydrogens (primary N) is 1. The van der Waals surface area contributed by atoms with Crippen molar-refractivity contribution in [1.82, 2.24) is 15.1 Å². The molecule has 0 aliphatic carbocycles. The number of likely N-dealkylation sites (tertiary alicyclic amines) is 1. The predicted molar refractivity (Wildman–Crippen MR) is 76.0 cm³/mol. The van der Waals surface area contributed by atoms with E-state index in [1.54, 1.807) is 7.11 Å². The third-order valence-corrected chi connectivity index (χ3v) is 4.21. The molecule has 2 rings (SSSR count). The van der Waals surface area contributed by atoms with Gasteiger partial charge in [-0.2, -0.15) is 5.10 Å². The molecule has 1 fully saturated rings. The van der Waals surface area contributed by atoms with E-state index in [1.807, 2.05) is 13.1 Å². The maximum atomic E-state index is 11.0. The molecular weight excluding hydrogens is 256 g/mol. The number of aromatic amines is 1. The zero-order chi connectivity index (χ0) is 14.6. The Morgan fingerprint density at radius 3 is 3.05 bits per heavy atom. The molecule has 3 N–H and O–H groups in total. The Morgan fingerprint density at radius 2 is 2.45 bits per heavy atom. The second-order valence-electron chi connectivity index (χ2n) is 5.69. The van der Waals surface area contributed by atoms with E-state index in [4.69, 9.17) is 10.5 Å². The van der Waals surface area contributed by atoms with Gasteiger partial charge in [-0.1, -0.05) is 0 Å². The summed E-state index contributed by atoms with van der Waals surface area (Å²) >= 11 is 0. The Kier molecular flexibility index (Phi) is 4.77. The van der Waals surface area contributed by atoms with E-state index in [1.165, 1.54) is 5.56 Å². The highest BCUT2D eigenvalue weighted by molar-refractivity contribution is 5.73. The smallest absolute Gasteiger partial charge is 0.217 e. The molecule has 1 amide bonds. The Hall–Kier alpha value is -1.40. The Bertz CT molecular complexity index is 460. The van der Waals surface area contributed by atoms with Gasteiger partial charge >= 0.3 is 0 Å². The standard InChI is InChI=1S/C14H24N4O2/c1-11-12(8-16-17-11)9-18-7-3-5-14(10-18,20-2)6-4-13(15)19/h8H,3-7,9-10H2,1-2H3,(H2,15,19)(H,16,17). The molecule has 0 radical (unpaired) electrons. The van der Waals surface area contributed by atoms with Crippen LogP contribution >= 0.6 is 0 Å². The van der Waals surface area contributed by atoms with Crippen molar-refractivity contribution >= 4 is 5.91 Å². The van der Waals surface area contributed by atoms with E-state index in [-0.39, 0.29) is 11.5 Å². The van der Waals surface area contributed by atoms with Crippen LogP contribution in [-0.4, -0.2) is 46.8 Å². The van der Waals surface area contributed by atoms with Gasteiger partial charge in [0, 0.05) is 37.9 Å². The molecule has 2 heterocycles. The molecule has 1 aromatic rings. The lowest BCUT2D eigenvalue weighted by Gasteiger charge is -2.42. The lowest BCUT2D eigenvalue weighted by molar-refractivity contribution is -0.121. The van der Waals surface area contributed by atoms with Crippen molar-refractivity contribution in [1.29, 1.82) is 0 Å². The largest absolute Gasteiger partial charge is 0.377 e. The van der Waals surface area contributed by atoms with Crippen molar-refractivity contribution in [3.63, 3.8) is 0 Å². The maximum Gasteiger partial charge on any atom is 0.217 e. The topological polar surface area (TPSA) is 84.2 Å². The summed E-state index contributed by atoms with van der Waals surface area (Å²) in [4.78, 5) is 13.4. The van der Waals surface area contributed by atoms with Gasteiger partial charge in [-0.3, -0.25) is 14.8 Å². The average molecular weight is 280 g/mol. The van der Waals surface area contributed by atoms with E-state index in [0.717, 1.165) is 38.2 Å². The zero-order valence-corrected chi connectivity index (χ0v) is 12.3. The molecule has 6 nitrogen and oxygen atoms in total. The molecule has 1 unspecified atom stereocenters. The van der Waals surface area contributed by atoms with Gasteiger partial charge in [0.25, 0.3) is 0 Å². The first-order valence-electron chi connectivity index (χ1n) is 7.09. The number of piperidine rings is 1. The summed E-state index contributed by atoms with van der Waals surface area (Å²) in [5, 5.41) is 7.02. The normalized spacial score (nSPS) is 23.9. The zero-order valence-electron chi connectivity index (χ0n) is 12.3. The summed E-state index contributed by atoms with van der Waals surface area (Å²) in [6, 6.07) is 0. The summed E-state index contributed by atoms with van der Waals surface area (Å²) in [7, 11) is 1.73. The van der Waals surface area contributed by atoms with Gasteiger partial charge < -0.3 is 10.5 Å². The van der Waals surface area contributed by atoms with Crippen molar-refractivity contribution in [3.8, 4) is 0 Å². The molecule has 1 aliphatic heterocycles. The number of rotatable bonds is 6. The summed E-state index contributed by atoms with van der Waals surface area (Å²) in [6.07, 6.45) is 5.01. The monoisotopic (exact) mass is 280 g/mol. The molecule has 0 saturated carbocycles. The minimum absolute atomic E-state index is 0.245. The third-order valence-electron chi connectivity index (χ3n) is 4.21. The van der Waals surface area contributed by atoms with Crippen molar-refractivity contribution in [3.05, 3.63) is 17.5 Å². The number of hydrogen-bond acceptors (Lipinski definition) is 4. The van der Waals surface area contributed by atoms with Crippen molar-refractivity contribution in [2.24, 2.45) is 5.73 Å². The highest BCUT2D eigenvalue weighted by Gasteiger charge is 2.35. The molecule has 20 heavy (non-hydrogen) atoms. The number of carbonyl (C=O) groups is 1. The Labute approximate surface area is 119 Å². The third kappa shape index (κ3) is 3.58. The van der Waals surface area contributed by atoms with Gasteiger partial charge in [-0.25, -0.2) is 0 Å². The Balaban J connectivity index is 1.99. The second kappa shape index (κ2) is 6.37. The van der Waals surface area contributed by atoms with Gasteiger partial charge in [-0.15, -0.1) is 0 Å². The highest BCUT2D eigenvalue weighted by Crippen LogP contribution is 2.30. The van der Waals surface area contributed by atoms with Crippen molar-refractivity contribution in [2.75, 3.05) is 20.2 Å². The number of methoxy groups -OCH3 is 1. The van der Waals surface area contributed by atoms with E-state index < -0.39 is 0 Å². The first kappa shape index (κ1) is 15.0. The number of nitrogens with zero attached hydrogens (tertiary/aromatic N) is 2. The molecule has 0 spiro atoms. The molecule has 1 atom stereocenters. The number of nitrogens with one attached hydrogen (secondary N) is 1. The Morgan fingerprint density at radius 1 is 1.65 bits per heavy atom. The molecular formula is C14H24N4O2. The number of hydrogen-bond donors (Lipinski definition) is 2. The van der Waals surface area contributed by atoms with Crippen molar-refractivity contribution in [2.45, 2.75) is 44.8 Å². The molecule has 1 aliphatic rings. The second-order valence-corrected chi connectivity index (χ2v) is 5.69. The van der Waals surface area contributed by atoms with Crippen LogP contribution in [0.3, 0.4) is 0 Å². The van der Waals surface area contributed by atoms with E-state index in [2.05, 4.69) is 15.1 Å². The van der Waals surface area contributed by atoms with Crippen LogP contribution in [0.1, 0.15) is 36.9 Å². The fraction of sp³-hybridized carbons (Fsp3) is 0.714. The van der Waals surface area contributed by atoms with Gasteiger partial charge in [0.15, 0.2) is 0 Å². The van der Waals surface area contributed by atoms with Gasteiger partial charge in [0.1, 0.15) is 0 Å². The first-order chi connectivity index (χ1) is 9.54. The molecule has 0 bridgehead atoms. The number of aryl methyl sites for hydroxylation is 1. The number of aromatic nitrogens is 2. The predicted octanol–water partition coefficient (Wildman–Crippen LogP) is 0.965. The molecule has 1 saturated heterocycles. The number of ether oxygens (including phenoxy) is 1. The van der Waals surface area contributed by atoms with Crippen LogP contribution in [-0.2, 0) is 16.1 Å². The van der Waals surface area contributed by atoms with Crippen LogP contribution in [0.5, 0.6) is 0 Å². The first-order valence-corrected chi connectivity index (χ1v) is 7.09. The number of carbonyl (C=O) groups excluding carboxylic acids is 1. The van der Waals surface area contributed by atoms with Crippen LogP contribution in [0.15, 0.2) is 6.20 Å². The number of H-pyrrole nitrogens is 1. The van der Waals surface area contributed by atoms with Gasteiger partial charge in [0.2, 0.25) is 5.91 Å². The SMILES string of the molecule is COC1(CCC(N)=O)CCCN(Cc2cn[nH]c2C)C1. The van der Waals surface area contributed by atoms with Crippen molar-refractivity contribution < 1.29 is 9.53 Å². The van der Waals surface area contributed by atoms with E-state index >= 15 is 0 Å². The molecule has 1 aromatic heterocycles. The average Bonchev–Trinajstić information content (AvgIpc) is 2.82. The van der Waals surface area contributed by atoms with Crippen LogP contribution in [0.25, 0.3) is 0 Å². The van der Waals surface area contributed by atoms with E-state index in [0.29, 0.717) is 12.8 Å². The van der Waals surface area contributed by atoms with E-state index in [9.17, 15) is 4.79 Å². The number of amides is 1. The molecule has 0 aromatic carbocycles. The van der Waals surface area contributed by atoms with Crippen LogP contribution in [0, 0.1) is 6.92 Å². The molecule has 6 heteroatoms. The number of primary amides is 1. The lowest BCUT2D eigenvalue weighted by atomic mass is 9.87. The van der Waals surface area contributed by atoms with Crippen LogP contribution < -0.4 is 5.73 Å². The quantitative estimate of drug-likeness (QED) is 0.813. The fourth-order valence-corrected chi connectivity index (χ4v) is 2.93. The summed E-state index contributed by atoms with van der Waals surface area (Å²) in [6.45, 7) is 4.78. The summed E-state index contributed by atoms with van der Waals surface area (Å²) < 4.78 is 5.74. The fourth-order valence-electron chi connectivity index (χ4n) is 2.93. The minimum atomic E-state index is -0.260. The lowest BCUT2D eigenvalue weighted by Crippen LogP contribution is -2.49. The maximum absolute atomic E-state index is 11.0. The highest BCUT2D eigenvalue weighted by atomic mass is 16.5. The van der Waals surface area contributed by atoms with Crippen LogP contribution in [0.4, 0.5) is 0 Å². The summed E-state index contributed by atoms with van der Waals surface area (Å²) in [5.74, 6) is -0.260. The van der Waals surface area contributed by atoms with Gasteiger partial charge in [-0.05, 0) is 32.7 Å².